The van der Waals surface area contributed by atoms with Crippen LogP contribution in [-0.2, 0) is 9.47 Å². The highest BCUT2D eigenvalue weighted by Gasteiger charge is 2.40. The Hall–Kier alpha value is -3.87. The molecule has 3 heterocycles. The van der Waals surface area contributed by atoms with Crippen molar-refractivity contribution in [2.75, 3.05) is 16.8 Å². The first-order valence-electron chi connectivity index (χ1n) is 11.6. The predicted molar refractivity (Wildman–Crippen MR) is 128 cm³/mol. The molecule has 1 unspecified atom stereocenters. The van der Waals surface area contributed by atoms with E-state index in [2.05, 4.69) is 30.2 Å². The van der Waals surface area contributed by atoms with Gasteiger partial charge in [0.25, 0.3) is 0 Å². The quantitative estimate of drug-likeness (QED) is 0.421. The molecule has 0 bridgehead atoms. The standard InChI is InChI=1S/C24H28F2N6O5/c1-13(20-30-19(31-37-20)15-7-6-8-16(11-15)35-21(25)26)28-22-27-10-9-18(29-22)32-17(12-34-23(32)33)14(2)36-24(3,4)5/h6-11,13-14,17,21H,12H2,1-5H3,(H,27,28,29)/t13?,14-,17-/m1/s1. The third-order valence-electron chi connectivity index (χ3n) is 5.35. The number of rotatable bonds is 9. The van der Waals surface area contributed by atoms with Crippen LogP contribution in [0.5, 0.6) is 5.75 Å². The molecule has 37 heavy (non-hydrogen) atoms. The van der Waals surface area contributed by atoms with Gasteiger partial charge in [-0.05, 0) is 52.8 Å². The Balaban J connectivity index is 1.48. The molecule has 2 aromatic heterocycles. The second kappa shape index (κ2) is 10.6. The second-order valence-electron chi connectivity index (χ2n) is 9.42. The molecule has 1 fully saturated rings. The van der Waals surface area contributed by atoms with Crippen molar-refractivity contribution in [3.8, 4) is 17.1 Å². The van der Waals surface area contributed by atoms with Gasteiger partial charge >= 0.3 is 12.7 Å². The summed E-state index contributed by atoms with van der Waals surface area (Å²) in [6.07, 6.45) is 0.688. The minimum atomic E-state index is -2.94. The lowest BCUT2D eigenvalue weighted by Gasteiger charge is -2.31. The second-order valence-corrected chi connectivity index (χ2v) is 9.42. The topological polar surface area (TPSA) is 125 Å². The predicted octanol–water partition coefficient (Wildman–Crippen LogP) is 4.83. The molecule has 1 N–H and O–H groups in total. The Morgan fingerprint density at radius 1 is 1.19 bits per heavy atom. The number of amides is 1. The Labute approximate surface area is 212 Å². The maximum atomic E-state index is 12.5. The fourth-order valence-corrected chi connectivity index (χ4v) is 3.83. The monoisotopic (exact) mass is 518 g/mol. The third kappa shape index (κ3) is 6.47. The first-order valence-corrected chi connectivity index (χ1v) is 11.6. The highest BCUT2D eigenvalue weighted by Crippen LogP contribution is 2.28. The Morgan fingerprint density at radius 2 is 1.97 bits per heavy atom. The number of carbonyl (C=O) groups excluding carboxylic acids is 1. The summed E-state index contributed by atoms with van der Waals surface area (Å²) in [7, 11) is 0. The molecule has 1 aromatic carbocycles. The summed E-state index contributed by atoms with van der Waals surface area (Å²) in [6.45, 7) is 6.70. The number of carbonyl (C=O) groups is 1. The van der Waals surface area contributed by atoms with E-state index in [1.165, 1.54) is 23.2 Å². The van der Waals surface area contributed by atoms with Gasteiger partial charge in [0.2, 0.25) is 17.7 Å². The molecule has 1 aliphatic rings. The van der Waals surface area contributed by atoms with Gasteiger partial charge in [0.15, 0.2) is 0 Å². The number of cyclic esters (lactones) is 1. The molecule has 1 aliphatic heterocycles. The third-order valence-corrected chi connectivity index (χ3v) is 5.35. The van der Waals surface area contributed by atoms with Gasteiger partial charge in [0.1, 0.15) is 30.3 Å². The van der Waals surface area contributed by atoms with Crippen LogP contribution in [0.15, 0.2) is 41.1 Å². The average Bonchev–Trinajstić information content (AvgIpc) is 3.45. The van der Waals surface area contributed by atoms with Crippen LogP contribution in [0.1, 0.15) is 46.6 Å². The molecule has 1 saturated heterocycles. The van der Waals surface area contributed by atoms with E-state index >= 15 is 0 Å². The minimum absolute atomic E-state index is 0.0174. The van der Waals surface area contributed by atoms with Crippen LogP contribution < -0.4 is 15.0 Å². The maximum Gasteiger partial charge on any atom is 0.416 e. The molecular formula is C24H28F2N6O5. The summed E-state index contributed by atoms with van der Waals surface area (Å²) in [5, 5.41) is 6.99. The summed E-state index contributed by atoms with van der Waals surface area (Å²) in [5.74, 6) is 0.975. The van der Waals surface area contributed by atoms with E-state index in [1.807, 2.05) is 27.7 Å². The highest BCUT2D eigenvalue weighted by atomic mass is 19.3. The summed E-state index contributed by atoms with van der Waals surface area (Å²) in [4.78, 5) is 27.0. The molecule has 3 atom stereocenters. The van der Waals surface area contributed by atoms with Crippen LogP contribution in [0.3, 0.4) is 0 Å². The molecule has 13 heteroatoms. The van der Waals surface area contributed by atoms with Gasteiger partial charge in [-0.25, -0.2) is 9.78 Å². The summed E-state index contributed by atoms with van der Waals surface area (Å²) in [5.41, 5.74) is 0.0499. The molecule has 0 aliphatic carbocycles. The largest absolute Gasteiger partial charge is 0.447 e. The van der Waals surface area contributed by atoms with Crippen molar-refractivity contribution >= 4 is 17.9 Å². The van der Waals surface area contributed by atoms with Crippen molar-refractivity contribution in [1.29, 1.82) is 0 Å². The zero-order valence-electron chi connectivity index (χ0n) is 21.0. The molecule has 4 rings (SSSR count). The van der Waals surface area contributed by atoms with Crippen molar-refractivity contribution in [2.24, 2.45) is 0 Å². The van der Waals surface area contributed by atoms with Gasteiger partial charge in [-0.3, -0.25) is 4.90 Å². The highest BCUT2D eigenvalue weighted by molar-refractivity contribution is 5.89. The Morgan fingerprint density at radius 3 is 2.70 bits per heavy atom. The first-order chi connectivity index (χ1) is 17.5. The lowest BCUT2D eigenvalue weighted by Crippen LogP contribution is -2.45. The van der Waals surface area contributed by atoms with Gasteiger partial charge in [-0.1, -0.05) is 17.3 Å². The van der Waals surface area contributed by atoms with E-state index in [0.29, 0.717) is 11.4 Å². The van der Waals surface area contributed by atoms with Crippen molar-refractivity contribution < 1.29 is 32.3 Å². The van der Waals surface area contributed by atoms with Crippen LogP contribution >= 0.6 is 0 Å². The van der Waals surface area contributed by atoms with E-state index in [9.17, 15) is 13.6 Å². The Kier molecular flexibility index (Phi) is 7.52. The number of alkyl halides is 2. The number of hydrogen-bond acceptors (Lipinski definition) is 10. The first kappa shape index (κ1) is 26.2. The molecule has 198 valence electrons. The molecule has 0 spiro atoms. The van der Waals surface area contributed by atoms with Crippen molar-refractivity contribution in [1.82, 2.24) is 20.1 Å². The number of nitrogens with one attached hydrogen (secondary N) is 1. The zero-order valence-corrected chi connectivity index (χ0v) is 21.0. The van der Waals surface area contributed by atoms with Crippen molar-refractivity contribution in [3.05, 3.63) is 42.4 Å². The minimum Gasteiger partial charge on any atom is -0.447 e. The molecule has 0 radical (unpaired) electrons. The molecule has 1 amide bonds. The lowest BCUT2D eigenvalue weighted by atomic mass is 10.1. The van der Waals surface area contributed by atoms with Crippen LogP contribution in [0.2, 0.25) is 0 Å². The average molecular weight is 519 g/mol. The summed E-state index contributed by atoms with van der Waals surface area (Å²) in [6, 6.07) is 6.72. The SMILES string of the molecule is CC(Nc1nccc(N2C(=O)OC[C@@H]2[C@@H](C)OC(C)(C)C)n1)c1nc(-c2cccc(OC(F)F)c2)no1. The number of hydrogen-bond donors (Lipinski definition) is 1. The summed E-state index contributed by atoms with van der Waals surface area (Å²) >= 11 is 0. The van der Waals surface area contributed by atoms with Gasteiger partial charge < -0.3 is 24.1 Å². The summed E-state index contributed by atoms with van der Waals surface area (Å²) < 4.78 is 46.1. The van der Waals surface area contributed by atoms with E-state index in [0.717, 1.165) is 0 Å². The Bertz CT molecular complexity index is 1230. The fraction of sp³-hybridized carbons (Fsp3) is 0.458. The number of benzene rings is 1. The fourth-order valence-electron chi connectivity index (χ4n) is 3.83. The van der Waals surface area contributed by atoms with Crippen LogP contribution in [0, 0.1) is 0 Å². The van der Waals surface area contributed by atoms with Crippen molar-refractivity contribution in [2.45, 2.75) is 65.0 Å². The molecule has 11 nitrogen and oxygen atoms in total. The number of ether oxygens (including phenoxy) is 3. The maximum absolute atomic E-state index is 12.5. The van der Waals surface area contributed by atoms with Crippen LogP contribution in [0.4, 0.5) is 25.3 Å². The van der Waals surface area contributed by atoms with E-state index < -0.39 is 24.3 Å². The lowest BCUT2D eigenvalue weighted by molar-refractivity contribution is -0.0618. The van der Waals surface area contributed by atoms with Crippen LogP contribution in [0.25, 0.3) is 11.4 Å². The van der Waals surface area contributed by atoms with Gasteiger partial charge in [0, 0.05) is 11.8 Å². The number of aromatic nitrogens is 4. The van der Waals surface area contributed by atoms with Gasteiger partial charge in [0.05, 0.1) is 11.7 Å². The smallest absolute Gasteiger partial charge is 0.416 e. The van der Waals surface area contributed by atoms with E-state index in [1.54, 1.807) is 25.1 Å². The zero-order chi connectivity index (χ0) is 26.7. The molecule has 3 aromatic rings. The number of anilines is 2. The normalized spacial score (nSPS) is 17.6. The van der Waals surface area contributed by atoms with Gasteiger partial charge in [-0.2, -0.15) is 18.7 Å². The number of nitrogens with zero attached hydrogens (tertiary/aromatic N) is 5. The van der Waals surface area contributed by atoms with Crippen molar-refractivity contribution in [3.63, 3.8) is 0 Å². The molecular weight excluding hydrogens is 490 g/mol. The van der Waals surface area contributed by atoms with Crippen LogP contribution in [-0.4, -0.2) is 57.2 Å². The molecule has 0 saturated carbocycles. The van der Waals surface area contributed by atoms with E-state index in [4.69, 9.17) is 14.0 Å². The van der Waals surface area contributed by atoms with Gasteiger partial charge in [-0.15, -0.1) is 0 Å². The number of halogens is 2. The van der Waals surface area contributed by atoms with E-state index in [-0.39, 0.29) is 42.2 Å².